The van der Waals surface area contributed by atoms with Gasteiger partial charge in [-0.2, -0.15) is 0 Å². The van der Waals surface area contributed by atoms with Gasteiger partial charge in [0.15, 0.2) is 5.58 Å². The number of methoxy groups -OCH3 is 1. The Labute approximate surface area is 203 Å². The van der Waals surface area contributed by atoms with Crippen LogP contribution in [-0.2, 0) is 4.79 Å². The van der Waals surface area contributed by atoms with E-state index in [0.29, 0.717) is 33.8 Å². The van der Waals surface area contributed by atoms with Crippen LogP contribution in [0.4, 0.5) is 5.69 Å². The van der Waals surface area contributed by atoms with Crippen molar-refractivity contribution in [3.63, 3.8) is 0 Å². The predicted octanol–water partition coefficient (Wildman–Crippen LogP) is 4.18. The molecule has 2 aromatic heterocycles. The number of oxazole rings is 1. The van der Waals surface area contributed by atoms with Gasteiger partial charge in [-0.1, -0.05) is 12.1 Å². The minimum atomic E-state index is -0.499. The molecule has 1 amide bonds. The van der Waals surface area contributed by atoms with Crippen LogP contribution >= 0.6 is 11.8 Å². The van der Waals surface area contributed by atoms with Gasteiger partial charge < -0.3 is 14.5 Å². The van der Waals surface area contributed by atoms with Crippen molar-refractivity contribution in [1.82, 2.24) is 10.3 Å². The van der Waals surface area contributed by atoms with Crippen molar-refractivity contribution in [3.8, 4) is 22.9 Å². The average molecular weight is 490 g/mol. The lowest BCUT2D eigenvalue weighted by Gasteiger charge is -2.05. The molecule has 2 heterocycles. The Balaban J connectivity index is 1.18. The molecule has 0 aliphatic carbocycles. The lowest BCUT2D eigenvalue weighted by atomic mass is 10.2. The van der Waals surface area contributed by atoms with Crippen molar-refractivity contribution in [2.75, 3.05) is 18.2 Å². The number of para-hydroxylation sites is 2. The molecule has 0 spiro atoms. The maximum atomic E-state index is 12.4. The molecule has 35 heavy (non-hydrogen) atoms. The summed E-state index contributed by atoms with van der Waals surface area (Å²) in [4.78, 5) is 29.1. The smallest absolute Gasteiger partial charge is 0.442 e. The fourth-order valence-corrected chi connectivity index (χ4v) is 4.36. The molecule has 0 unspecified atom stereocenters. The highest BCUT2D eigenvalue weighted by Crippen LogP contribution is 2.25. The Bertz CT molecular complexity index is 1490. The molecule has 176 valence electrons. The fourth-order valence-electron chi connectivity index (χ4n) is 3.44. The molecule has 2 N–H and O–H groups in total. The monoisotopic (exact) mass is 489 g/mol. The Morgan fingerprint density at radius 2 is 1.86 bits per heavy atom. The number of fused-ring (bicyclic) bond motifs is 1. The van der Waals surface area contributed by atoms with Gasteiger partial charge in [-0.3, -0.25) is 9.32 Å². The number of rotatable bonds is 8. The summed E-state index contributed by atoms with van der Waals surface area (Å²) in [5, 5.41) is 5.81. The van der Waals surface area contributed by atoms with Gasteiger partial charge in [0.2, 0.25) is 17.5 Å². The van der Waals surface area contributed by atoms with Crippen molar-refractivity contribution in [1.29, 1.82) is 0 Å². The van der Waals surface area contributed by atoms with Gasteiger partial charge in [0, 0.05) is 35.6 Å². The molecule has 5 aromatic rings. The molecule has 0 atom stereocenters. The minimum Gasteiger partial charge on any atom is -0.497 e. The first-order chi connectivity index (χ1) is 17.1. The van der Waals surface area contributed by atoms with Crippen molar-refractivity contribution < 1.29 is 23.2 Å². The molecule has 0 aliphatic rings. The van der Waals surface area contributed by atoms with E-state index < -0.39 is 5.63 Å². The van der Waals surface area contributed by atoms with Crippen molar-refractivity contribution >= 4 is 34.5 Å². The molecule has 3 aromatic carbocycles. The molecular formula is C25H21N4O5S+. The second-order valence-corrected chi connectivity index (χ2v) is 8.61. The zero-order valence-electron chi connectivity index (χ0n) is 18.7. The number of hydrogen-bond acceptors (Lipinski definition) is 7. The van der Waals surface area contributed by atoms with E-state index in [0.717, 1.165) is 16.7 Å². The van der Waals surface area contributed by atoms with Crippen LogP contribution in [0.3, 0.4) is 0 Å². The van der Waals surface area contributed by atoms with Crippen molar-refractivity contribution in [3.05, 3.63) is 83.2 Å². The van der Waals surface area contributed by atoms with Gasteiger partial charge in [-0.15, -0.1) is 0 Å². The van der Waals surface area contributed by atoms with E-state index in [2.05, 4.69) is 15.6 Å². The lowest BCUT2D eigenvalue weighted by Crippen LogP contribution is -2.36. The second kappa shape index (κ2) is 9.90. The minimum absolute atomic E-state index is 0.164. The average Bonchev–Trinajstić information content (AvgIpc) is 3.48. The number of nitrogens with one attached hydrogen (secondary N) is 2. The summed E-state index contributed by atoms with van der Waals surface area (Å²) < 4.78 is 17.4. The first-order valence-corrected chi connectivity index (χ1v) is 11.8. The molecule has 0 radical (unpaired) electrons. The number of carbonyl (C=O) groups is 1. The summed E-state index contributed by atoms with van der Waals surface area (Å²) in [6.45, 7) is 0. The van der Waals surface area contributed by atoms with Crippen LogP contribution in [0.1, 0.15) is 6.42 Å². The first kappa shape index (κ1) is 22.5. The number of carbonyl (C=O) groups excluding carboxylic acids is 1. The molecule has 5 rings (SSSR count). The van der Waals surface area contributed by atoms with Crippen molar-refractivity contribution in [2.24, 2.45) is 0 Å². The molecule has 0 saturated carbocycles. The standard InChI is InChI=1S/C25H20N4O5S/c1-32-19-12-10-18(11-13-19)29-24(25(31)34-28-29)35-15-14-22(30)26-17-8-6-16(7-9-17)23-27-20-4-2-3-5-21(20)33-23/h2-13H,14-15H2,1H3,(H-,26,27,28,30,31)/p+1. The highest BCUT2D eigenvalue weighted by Gasteiger charge is 2.24. The van der Waals surface area contributed by atoms with E-state index in [9.17, 15) is 9.59 Å². The number of anilines is 1. The summed E-state index contributed by atoms with van der Waals surface area (Å²) in [7, 11) is 1.58. The maximum Gasteiger partial charge on any atom is 0.442 e. The molecule has 9 nitrogen and oxygen atoms in total. The van der Waals surface area contributed by atoms with Crippen LogP contribution in [0.15, 0.2) is 91.6 Å². The number of thioether (sulfide) groups is 1. The predicted molar refractivity (Wildman–Crippen MR) is 131 cm³/mol. The van der Waals surface area contributed by atoms with Crippen LogP contribution in [0.2, 0.25) is 0 Å². The number of aromatic nitrogens is 3. The number of aromatic amines is 1. The van der Waals surface area contributed by atoms with E-state index in [4.69, 9.17) is 13.7 Å². The number of amides is 1. The molecular weight excluding hydrogens is 468 g/mol. The van der Waals surface area contributed by atoms with Crippen LogP contribution < -0.4 is 20.4 Å². The first-order valence-electron chi connectivity index (χ1n) is 10.8. The SMILES string of the molecule is COc1ccc(-[n+]2[nH]oc(=O)c2SCCC(=O)Nc2ccc(-c3nc4ccccc4o3)cc2)cc1. The molecule has 0 saturated heterocycles. The van der Waals surface area contributed by atoms with Crippen LogP contribution in [0.25, 0.3) is 28.2 Å². The summed E-state index contributed by atoms with van der Waals surface area (Å²) in [5.41, 5.74) is 3.21. The van der Waals surface area contributed by atoms with Crippen LogP contribution in [0.5, 0.6) is 5.75 Å². The number of H-pyrrole nitrogens is 1. The highest BCUT2D eigenvalue weighted by atomic mass is 32.2. The van der Waals surface area contributed by atoms with E-state index in [1.165, 1.54) is 16.4 Å². The quantitative estimate of drug-likeness (QED) is 0.248. The molecule has 0 fully saturated rings. The van der Waals surface area contributed by atoms with Crippen molar-refractivity contribution in [2.45, 2.75) is 11.4 Å². The number of ether oxygens (including phenoxy) is 1. The number of hydrogen-bond donors (Lipinski definition) is 2. The normalized spacial score (nSPS) is 11.0. The third-order valence-electron chi connectivity index (χ3n) is 5.22. The number of nitrogens with zero attached hydrogens (tertiary/aromatic N) is 2. The van der Waals surface area contributed by atoms with Gasteiger partial charge >= 0.3 is 10.7 Å². The van der Waals surface area contributed by atoms with E-state index in [-0.39, 0.29) is 12.3 Å². The Morgan fingerprint density at radius 3 is 2.60 bits per heavy atom. The van der Waals surface area contributed by atoms with Gasteiger partial charge in [0.05, 0.1) is 7.11 Å². The summed E-state index contributed by atoms with van der Waals surface area (Å²) in [6, 6.07) is 22.0. The Morgan fingerprint density at radius 1 is 1.09 bits per heavy atom. The molecule has 0 bridgehead atoms. The fraction of sp³-hybridized carbons (Fsp3) is 0.120. The van der Waals surface area contributed by atoms with Gasteiger partial charge in [-0.05, 0) is 70.2 Å². The third-order valence-corrected chi connectivity index (χ3v) is 6.25. The molecule has 0 aliphatic heterocycles. The Hall–Kier alpha value is -4.31. The molecule has 10 heteroatoms. The number of benzene rings is 3. The van der Waals surface area contributed by atoms with Gasteiger partial charge in [0.1, 0.15) is 11.3 Å². The summed E-state index contributed by atoms with van der Waals surface area (Å²) in [6.07, 6.45) is 0.213. The summed E-state index contributed by atoms with van der Waals surface area (Å²) in [5.74, 6) is 1.46. The maximum absolute atomic E-state index is 12.4. The topological polar surface area (TPSA) is 114 Å². The zero-order valence-corrected chi connectivity index (χ0v) is 19.5. The van der Waals surface area contributed by atoms with Gasteiger partial charge in [-0.25, -0.2) is 9.78 Å². The van der Waals surface area contributed by atoms with Crippen LogP contribution in [0, 0.1) is 0 Å². The van der Waals surface area contributed by atoms with E-state index in [1.54, 1.807) is 43.5 Å². The van der Waals surface area contributed by atoms with E-state index >= 15 is 0 Å². The largest absolute Gasteiger partial charge is 0.497 e. The summed E-state index contributed by atoms with van der Waals surface area (Å²) >= 11 is 1.24. The van der Waals surface area contributed by atoms with Gasteiger partial charge in [0.25, 0.3) is 0 Å². The second-order valence-electron chi connectivity index (χ2n) is 7.53. The third kappa shape index (κ3) is 4.97. The Kier molecular flexibility index (Phi) is 6.36. The van der Waals surface area contributed by atoms with Crippen LogP contribution in [-0.4, -0.2) is 29.0 Å². The highest BCUT2D eigenvalue weighted by molar-refractivity contribution is 7.99. The van der Waals surface area contributed by atoms with E-state index in [1.807, 2.05) is 36.4 Å². The lowest BCUT2D eigenvalue weighted by molar-refractivity contribution is -0.704. The zero-order chi connectivity index (χ0) is 24.2.